The van der Waals surface area contributed by atoms with Gasteiger partial charge in [0, 0.05) is 96.8 Å². The Morgan fingerprint density at radius 1 is 0.277 bits per heavy atom. The molecule has 0 fully saturated rings. The van der Waals surface area contributed by atoms with E-state index in [9.17, 15) is 13.2 Å². The Kier molecular flexibility index (Phi) is 35.4. The van der Waals surface area contributed by atoms with Gasteiger partial charge in [-0.3, -0.25) is 35.0 Å². The van der Waals surface area contributed by atoms with Crippen molar-refractivity contribution < 1.29 is 92.4 Å². The molecular formula is C127H109F3Ir3N11O4. The monoisotopic (exact) mass is 2490 g/mol. The summed E-state index contributed by atoms with van der Waals surface area (Å²) in [4.78, 5) is 45.3. The molecular weight excluding hydrogens is 2380 g/mol. The molecule has 0 saturated carbocycles. The molecule has 744 valence electrons. The molecule has 0 aliphatic rings. The van der Waals surface area contributed by atoms with Crippen LogP contribution < -0.4 is 18.9 Å². The molecule has 10 aromatic heterocycles. The van der Waals surface area contributed by atoms with Gasteiger partial charge in [-0.25, -0.2) is 4.98 Å². The van der Waals surface area contributed by atoms with Crippen LogP contribution in [0.4, 0.5) is 13.2 Å². The molecule has 0 spiro atoms. The molecule has 148 heavy (non-hydrogen) atoms. The Hall–Kier alpha value is -14.5. The molecule has 1 unspecified atom stereocenters. The second-order valence-corrected chi connectivity index (χ2v) is 38.2. The summed E-state index contributed by atoms with van der Waals surface area (Å²) < 4.78 is 65.2. The Balaban J connectivity index is 0.000000174. The molecule has 0 N–H and O–H groups in total. The van der Waals surface area contributed by atoms with Gasteiger partial charge in [-0.1, -0.05) is 126 Å². The van der Waals surface area contributed by atoms with E-state index in [0.717, 1.165) is 129 Å². The zero-order valence-electron chi connectivity index (χ0n) is 84.0. The van der Waals surface area contributed by atoms with Gasteiger partial charge in [0.15, 0.2) is 11.5 Å². The fourth-order valence-corrected chi connectivity index (χ4v) is 19.4. The van der Waals surface area contributed by atoms with Crippen LogP contribution in [0.15, 0.2) is 395 Å². The number of ether oxygens (including phenoxy) is 4. The van der Waals surface area contributed by atoms with Crippen molar-refractivity contribution in [3.8, 4) is 73.8 Å². The summed E-state index contributed by atoms with van der Waals surface area (Å²) in [6, 6.07) is 149. The van der Waals surface area contributed by atoms with Gasteiger partial charge >= 0.3 is 66.5 Å². The number of benzene rings is 9. The van der Waals surface area contributed by atoms with E-state index in [1.807, 2.05) is 287 Å². The van der Waals surface area contributed by atoms with Crippen molar-refractivity contribution in [1.29, 1.82) is 0 Å². The predicted molar refractivity (Wildman–Crippen MR) is 562 cm³/mol. The van der Waals surface area contributed by atoms with Gasteiger partial charge in [0.05, 0.1) is 45.7 Å². The molecule has 0 radical (unpaired) electrons. The number of aromatic nitrogens is 11. The second kappa shape index (κ2) is 48.0. The van der Waals surface area contributed by atoms with Crippen molar-refractivity contribution in [2.24, 2.45) is 0 Å². The number of hydrogen-bond donors (Lipinski definition) is 0. The third-order valence-electron chi connectivity index (χ3n) is 27.1. The van der Waals surface area contributed by atoms with Gasteiger partial charge in [-0.2, -0.15) is 158 Å². The summed E-state index contributed by atoms with van der Waals surface area (Å²) >= 11 is 0. The van der Waals surface area contributed by atoms with Crippen LogP contribution in [0, 0.1) is 54.7 Å². The first-order chi connectivity index (χ1) is 70.1. The number of nitrogens with zero attached hydrogens (tertiary/aromatic N) is 11. The Labute approximate surface area is 907 Å². The molecule has 10 heterocycles. The predicted octanol–water partition coefficient (Wildman–Crippen LogP) is 27.1. The van der Waals surface area contributed by atoms with Gasteiger partial charge in [-0.15, -0.1) is 143 Å². The summed E-state index contributed by atoms with van der Waals surface area (Å²) in [5, 5.41) is 3.66. The number of halogens is 3. The SMILES string of the molecule is CC(C)(c1cccc(-c2[c-]cccc2)n1)c1cccc(-c2cc(OCCOc3ccccn3)c(OCCOc3[c-]cccc3)cc2-c2[c-]cccc2)n1.CC(C)(c1cccc(-c2[c-]cccc2)n1)c1cccc(C(c2[c-]cccc2)(C(C)(C)c2[c-]cccc2)C(C)(C)c2ccccn2)n1.CC(C)(c1cccc(-n2[c-]cc(C(F)(F)F)n2)n1)c1cccc(C(c2[c-]cccc2)(c2[c-]cccc2)C(C)(C)c2ccccn2)n1.[Ir+3].[Ir+3].[Ir+3]. The minimum absolute atomic E-state index is 0. The van der Waals surface area contributed by atoms with Crippen LogP contribution in [-0.4, -0.2) is 81.1 Å². The number of pyridine rings is 9. The standard InChI is InChI=1S/C46H38N3O4.C43H40N3.C38H31F3N5.3Ir/c1-46(2,43-24-14-22-39(48-43)35-18-8-4-9-19-35)44-25-15-23-40(49-44)38-33-42(52-30-31-53-45-26-12-13-27-47-45)41(32-37(38)34-16-6-3-7-17-34)51-29-28-50-36-20-10-5-11-21-36;1-40(2,36-28-18-26-35(45-36)32-20-10-7-11-21-32)37-29-19-30-39(46-37)43(34-24-14-9-15-25-34,41(3,4)33-22-12-8-13-23-33)42(5,6)38-27-16-17-31-44-38;1-35(2,30-21-14-23-34(44-30)46-26-24-33(45-46)38(39,40)41)29-20-13-22-32(43-29)37(27-15-7-5-8-16-27,28-17-9-6-10-18-28)36(3,4)31-19-11-12-25-42-31;;;/h3-16,18,20,22-27,32-33H,28-31H2,1-2H3;7-20,22,24,26-31H,1-6H3;5-15,17,19-25H,1-4H3;;;/q3*-3;3*+3. The maximum Gasteiger partial charge on any atom is 3.00 e. The minimum Gasteiger partial charge on any atom is -0.516 e. The fourth-order valence-electron chi connectivity index (χ4n) is 19.4. The normalized spacial score (nSPS) is 12.2. The zero-order valence-corrected chi connectivity index (χ0v) is 91.2. The molecule has 0 aliphatic heterocycles. The van der Waals surface area contributed by atoms with Crippen molar-refractivity contribution in [1.82, 2.24) is 54.6 Å². The van der Waals surface area contributed by atoms with Crippen molar-refractivity contribution >= 4 is 0 Å². The molecule has 15 nitrogen and oxygen atoms in total. The smallest absolute Gasteiger partial charge is 0.516 e. The number of alkyl halides is 3. The van der Waals surface area contributed by atoms with Gasteiger partial charge in [-0.05, 0) is 161 Å². The summed E-state index contributed by atoms with van der Waals surface area (Å²) in [7, 11) is 0. The van der Waals surface area contributed by atoms with Crippen LogP contribution >= 0.6 is 0 Å². The van der Waals surface area contributed by atoms with Crippen LogP contribution in [0.3, 0.4) is 0 Å². The van der Waals surface area contributed by atoms with E-state index in [4.69, 9.17) is 58.8 Å². The van der Waals surface area contributed by atoms with Gasteiger partial charge in [0.2, 0.25) is 5.88 Å². The van der Waals surface area contributed by atoms with Crippen LogP contribution in [-0.2, 0) is 110 Å². The van der Waals surface area contributed by atoms with Crippen LogP contribution in [0.25, 0.3) is 50.7 Å². The third-order valence-corrected chi connectivity index (χ3v) is 27.1. The number of rotatable bonds is 32. The second-order valence-electron chi connectivity index (χ2n) is 38.2. The number of para-hydroxylation sites is 1. The first-order valence-corrected chi connectivity index (χ1v) is 48.2. The molecule has 19 rings (SSSR count). The molecule has 0 aliphatic carbocycles. The molecule has 21 heteroatoms. The van der Waals surface area contributed by atoms with E-state index >= 15 is 0 Å². The Morgan fingerprint density at radius 2 is 0.649 bits per heavy atom. The summed E-state index contributed by atoms with van der Waals surface area (Å²) in [5.41, 5.74) is 13.6. The largest absolute Gasteiger partial charge is 3.00 e. The fraction of sp³-hybridized carbons (Fsp3) is 0.197. The van der Waals surface area contributed by atoms with Gasteiger partial charge in [0.25, 0.3) is 0 Å². The first kappa shape index (κ1) is 109. The van der Waals surface area contributed by atoms with E-state index in [1.54, 1.807) is 24.5 Å². The average Bonchev–Trinajstić information content (AvgIpc) is 0.732. The number of hydrogen-bond acceptors (Lipinski definition) is 14. The summed E-state index contributed by atoms with van der Waals surface area (Å²) in [6.45, 7) is 27.4. The quantitative estimate of drug-likeness (QED) is 0.0288. The molecule has 9 aromatic carbocycles. The van der Waals surface area contributed by atoms with Crippen LogP contribution in [0.2, 0.25) is 0 Å². The van der Waals surface area contributed by atoms with Crippen molar-refractivity contribution in [2.45, 2.75) is 133 Å². The van der Waals surface area contributed by atoms with E-state index in [1.165, 1.54) is 0 Å². The van der Waals surface area contributed by atoms with Crippen molar-refractivity contribution in [3.63, 3.8) is 0 Å². The van der Waals surface area contributed by atoms with Gasteiger partial charge < -0.3 is 33.6 Å². The zero-order chi connectivity index (χ0) is 101. The summed E-state index contributed by atoms with van der Waals surface area (Å²) in [6.07, 6.45) is 3.34. The molecule has 0 amide bonds. The van der Waals surface area contributed by atoms with E-state index in [0.29, 0.717) is 42.0 Å². The first-order valence-electron chi connectivity index (χ1n) is 48.2. The molecule has 1 atom stereocenters. The average molecular weight is 2490 g/mol. The van der Waals surface area contributed by atoms with E-state index in [2.05, 4.69) is 225 Å². The van der Waals surface area contributed by atoms with Crippen LogP contribution in [0.1, 0.15) is 168 Å². The topological polar surface area (TPSA) is 171 Å². The van der Waals surface area contributed by atoms with E-state index in [-0.39, 0.29) is 79.3 Å². The van der Waals surface area contributed by atoms with Crippen LogP contribution in [0.5, 0.6) is 23.1 Å². The van der Waals surface area contributed by atoms with Crippen molar-refractivity contribution in [2.75, 3.05) is 26.4 Å². The minimum atomic E-state index is -4.58. The maximum atomic E-state index is 13.2. The van der Waals surface area contributed by atoms with Gasteiger partial charge in [0.1, 0.15) is 26.4 Å². The third kappa shape index (κ3) is 23.4. The molecule has 19 aromatic rings. The molecule has 0 bridgehead atoms. The Bertz CT molecular complexity index is 7390. The van der Waals surface area contributed by atoms with E-state index < -0.39 is 55.2 Å². The Morgan fingerprint density at radius 3 is 1.10 bits per heavy atom. The molecule has 0 saturated heterocycles. The van der Waals surface area contributed by atoms with Crippen molar-refractivity contribution in [3.05, 3.63) is 534 Å². The summed E-state index contributed by atoms with van der Waals surface area (Å²) in [5.74, 6) is 2.53. The maximum absolute atomic E-state index is 13.2.